The van der Waals surface area contributed by atoms with E-state index in [1.165, 1.54) is 11.1 Å². The van der Waals surface area contributed by atoms with E-state index in [0.29, 0.717) is 12.5 Å². The number of benzene rings is 1. The van der Waals surface area contributed by atoms with E-state index in [0.717, 1.165) is 0 Å². The molecule has 14 heavy (non-hydrogen) atoms. The van der Waals surface area contributed by atoms with Crippen LogP contribution < -0.4 is 5.73 Å². The topological polar surface area (TPSA) is 26.0 Å². The Bertz CT molecular complexity index is 283. The van der Waals surface area contributed by atoms with Gasteiger partial charge in [-0.05, 0) is 22.5 Å². The normalized spacial score (nSPS) is 12.1. The van der Waals surface area contributed by atoms with Gasteiger partial charge in [0.25, 0.3) is 0 Å². The van der Waals surface area contributed by atoms with E-state index in [1.807, 2.05) is 0 Å². The van der Waals surface area contributed by atoms with Crippen LogP contribution >= 0.6 is 0 Å². The third-order valence-electron chi connectivity index (χ3n) is 3.38. The van der Waals surface area contributed by atoms with Crippen molar-refractivity contribution in [2.75, 3.05) is 0 Å². The number of hydrogen-bond acceptors (Lipinski definition) is 1. The van der Waals surface area contributed by atoms with Crippen molar-refractivity contribution in [2.24, 2.45) is 11.7 Å². The van der Waals surface area contributed by atoms with E-state index in [2.05, 4.69) is 52.0 Å². The predicted octanol–water partition coefficient (Wildman–Crippen LogP) is 3.08. The number of rotatable bonds is 3. The van der Waals surface area contributed by atoms with Crippen LogP contribution in [0.5, 0.6) is 0 Å². The monoisotopic (exact) mass is 191 g/mol. The molecule has 0 amide bonds. The standard InChI is InChI=1S/C13H21N/c1-10(2)13(3,4)12-7-5-11(9-14)6-8-12/h5-8,10H,9,14H2,1-4H3. The molecular formula is C13H21N. The molecule has 0 saturated carbocycles. The predicted molar refractivity (Wildman–Crippen MR) is 62.2 cm³/mol. The maximum atomic E-state index is 5.57. The quantitative estimate of drug-likeness (QED) is 0.780. The summed E-state index contributed by atoms with van der Waals surface area (Å²) in [6.07, 6.45) is 0. The van der Waals surface area contributed by atoms with E-state index >= 15 is 0 Å². The summed E-state index contributed by atoms with van der Waals surface area (Å²) in [5, 5.41) is 0. The van der Waals surface area contributed by atoms with Crippen LogP contribution in [0.1, 0.15) is 38.8 Å². The van der Waals surface area contributed by atoms with Gasteiger partial charge in [0.2, 0.25) is 0 Å². The van der Waals surface area contributed by atoms with Crippen molar-refractivity contribution in [3.63, 3.8) is 0 Å². The van der Waals surface area contributed by atoms with Gasteiger partial charge in [0.15, 0.2) is 0 Å². The van der Waals surface area contributed by atoms with Gasteiger partial charge in [-0.3, -0.25) is 0 Å². The van der Waals surface area contributed by atoms with Crippen LogP contribution in [-0.4, -0.2) is 0 Å². The molecule has 1 heteroatoms. The summed E-state index contributed by atoms with van der Waals surface area (Å²) in [6.45, 7) is 9.72. The molecule has 0 aliphatic heterocycles. The second kappa shape index (κ2) is 4.14. The van der Waals surface area contributed by atoms with E-state index in [9.17, 15) is 0 Å². The molecule has 1 rings (SSSR count). The number of nitrogens with two attached hydrogens (primary N) is 1. The Hall–Kier alpha value is -0.820. The molecular weight excluding hydrogens is 170 g/mol. The lowest BCUT2D eigenvalue weighted by Crippen LogP contribution is -2.24. The third kappa shape index (κ3) is 2.16. The first-order valence-electron chi connectivity index (χ1n) is 5.28. The fourth-order valence-corrected chi connectivity index (χ4v) is 1.40. The minimum absolute atomic E-state index is 0.243. The average molecular weight is 191 g/mol. The molecule has 0 saturated heterocycles. The van der Waals surface area contributed by atoms with Crippen molar-refractivity contribution < 1.29 is 0 Å². The molecule has 78 valence electrons. The van der Waals surface area contributed by atoms with Gasteiger partial charge in [0.05, 0.1) is 0 Å². The lowest BCUT2D eigenvalue weighted by atomic mass is 9.75. The average Bonchev–Trinajstić information content (AvgIpc) is 2.17. The largest absolute Gasteiger partial charge is 0.326 e. The van der Waals surface area contributed by atoms with Crippen LogP contribution in [0.3, 0.4) is 0 Å². The molecule has 0 aromatic heterocycles. The fourth-order valence-electron chi connectivity index (χ4n) is 1.40. The Morgan fingerprint density at radius 3 is 2.00 bits per heavy atom. The van der Waals surface area contributed by atoms with Crippen LogP contribution in [0.4, 0.5) is 0 Å². The highest BCUT2D eigenvalue weighted by atomic mass is 14.5. The van der Waals surface area contributed by atoms with Gasteiger partial charge < -0.3 is 5.73 Å². The highest BCUT2D eigenvalue weighted by Crippen LogP contribution is 2.31. The zero-order chi connectivity index (χ0) is 10.8. The van der Waals surface area contributed by atoms with Crippen LogP contribution in [0.2, 0.25) is 0 Å². The Labute approximate surface area is 87.3 Å². The Morgan fingerprint density at radius 2 is 1.64 bits per heavy atom. The zero-order valence-corrected chi connectivity index (χ0v) is 9.67. The van der Waals surface area contributed by atoms with Gasteiger partial charge in [-0.1, -0.05) is 52.0 Å². The molecule has 0 spiro atoms. The molecule has 0 atom stereocenters. The van der Waals surface area contributed by atoms with Gasteiger partial charge in [-0.25, -0.2) is 0 Å². The van der Waals surface area contributed by atoms with Crippen molar-refractivity contribution in [1.29, 1.82) is 0 Å². The first-order valence-corrected chi connectivity index (χ1v) is 5.28. The highest BCUT2D eigenvalue weighted by molar-refractivity contribution is 5.28. The summed E-state index contributed by atoms with van der Waals surface area (Å²) >= 11 is 0. The van der Waals surface area contributed by atoms with E-state index in [1.54, 1.807) is 0 Å². The first kappa shape index (κ1) is 11.3. The number of hydrogen-bond donors (Lipinski definition) is 1. The van der Waals surface area contributed by atoms with Crippen molar-refractivity contribution in [1.82, 2.24) is 0 Å². The Balaban J connectivity index is 2.97. The van der Waals surface area contributed by atoms with Gasteiger partial charge in [0.1, 0.15) is 0 Å². The minimum Gasteiger partial charge on any atom is -0.326 e. The molecule has 1 nitrogen and oxygen atoms in total. The molecule has 0 bridgehead atoms. The van der Waals surface area contributed by atoms with E-state index < -0.39 is 0 Å². The lowest BCUT2D eigenvalue weighted by Gasteiger charge is -2.30. The van der Waals surface area contributed by atoms with Crippen LogP contribution in [0.15, 0.2) is 24.3 Å². The van der Waals surface area contributed by atoms with Gasteiger partial charge in [-0.15, -0.1) is 0 Å². The summed E-state index contributed by atoms with van der Waals surface area (Å²) in [6, 6.07) is 8.64. The maximum absolute atomic E-state index is 5.57. The van der Waals surface area contributed by atoms with Gasteiger partial charge in [0, 0.05) is 6.54 Å². The second-order valence-corrected chi connectivity index (χ2v) is 4.78. The molecule has 1 aromatic rings. The zero-order valence-electron chi connectivity index (χ0n) is 9.67. The molecule has 2 N–H and O–H groups in total. The van der Waals surface area contributed by atoms with Crippen LogP contribution in [0, 0.1) is 5.92 Å². The molecule has 0 unspecified atom stereocenters. The molecule has 1 aromatic carbocycles. The van der Waals surface area contributed by atoms with Gasteiger partial charge >= 0.3 is 0 Å². The Kier molecular flexibility index (Phi) is 3.33. The first-order chi connectivity index (χ1) is 6.48. The fraction of sp³-hybridized carbons (Fsp3) is 0.538. The minimum atomic E-state index is 0.243. The highest BCUT2D eigenvalue weighted by Gasteiger charge is 2.24. The molecule has 0 heterocycles. The summed E-state index contributed by atoms with van der Waals surface area (Å²) in [4.78, 5) is 0. The van der Waals surface area contributed by atoms with Crippen molar-refractivity contribution in [3.05, 3.63) is 35.4 Å². The molecule has 0 fully saturated rings. The smallest absolute Gasteiger partial charge is 0.0178 e. The van der Waals surface area contributed by atoms with Crippen molar-refractivity contribution in [3.8, 4) is 0 Å². The third-order valence-corrected chi connectivity index (χ3v) is 3.38. The Morgan fingerprint density at radius 1 is 1.14 bits per heavy atom. The van der Waals surface area contributed by atoms with Crippen molar-refractivity contribution >= 4 is 0 Å². The lowest BCUT2D eigenvalue weighted by molar-refractivity contribution is 0.372. The SMILES string of the molecule is CC(C)C(C)(C)c1ccc(CN)cc1. The second-order valence-electron chi connectivity index (χ2n) is 4.78. The van der Waals surface area contributed by atoms with Crippen molar-refractivity contribution in [2.45, 2.75) is 39.7 Å². The molecule has 0 radical (unpaired) electrons. The van der Waals surface area contributed by atoms with Gasteiger partial charge in [-0.2, -0.15) is 0 Å². The van der Waals surface area contributed by atoms with Crippen LogP contribution in [-0.2, 0) is 12.0 Å². The summed E-state index contributed by atoms with van der Waals surface area (Å²) in [7, 11) is 0. The summed E-state index contributed by atoms with van der Waals surface area (Å²) in [5.74, 6) is 0.645. The molecule has 0 aliphatic rings. The molecule has 0 aliphatic carbocycles. The van der Waals surface area contributed by atoms with E-state index in [-0.39, 0.29) is 5.41 Å². The van der Waals surface area contributed by atoms with E-state index in [4.69, 9.17) is 5.73 Å². The summed E-state index contributed by atoms with van der Waals surface area (Å²) < 4.78 is 0. The summed E-state index contributed by atoms with van der Waals surface area (Å²) in [5.41, 5.74) is 8.41. The van der Waals surface area contributed by atoms with Crippen LogP contribution in [0.25, 0.3) is 0 Å². The maximum Gasteiger partial charge on any atom is 0.0178 e.